The Morgan fingerprint density at radius 2 is 2.16 bits per heavy atom. The zero-order valence-corrected chi connectivity index (χ0v) is 12.8. The number of piperidine rings is 1. The monoisotopic (exact) mass is 326 g/mol. The van der Waals surface area contributed by atoms with Crippen LogP contribution in [0, 0.1) is 0 Å². The van der Waals surface area contributed by atoms with Crippen molar-refractivity contribution < 1.29 is 4.79 Å². The molecule has 6 heteroatoms. The molecule has 2 rings (SSSR count). The van der Waals surface area contributed by atoms with Gasteiger partial charge in [-0.1, -0.05) is 0 Å². The van der Waals surface area contributed by atoms with Crippen molar-refractivity contribution in [2.75, 3.05) is 32.5 Å². The summed E-state index contributed by atoms with van der Waals surface area (Å²) in [7, 11) is 3.87. The molecule has 0 atom stereocenters. The minimum Gasteiger partial charge on any atom is -0.372 e. The number of rotatable bonds is 3. The van der Waals surface area contributed by atoms with Gasteiger partial charge in [0, 0.05) is 23.8 Å². The normalized spacial score (nSPS) is 17.2. The number of likely N-dealkylation sites (tertiary alicyclic amines) is 1. The van der Waals surface area contributed by atoms with E-state index in [2.05, 4.69) is 43.5 Å². The van der Waals surface area contributed by atoms with Gasteiger partial charge < -0.3 is 15.5 Å². The van der Waals surface area contributed by atoms with Gasteiger partial charge in [0.1, 0.15) is 5.82 Å². The molecule has 0 saturated carbocycles. The average molecular weight is 327 g/mol. The van der Waals surface area contributed by atoms with Gasteiger partial charge in [-0.05, 0) is 55.0 Å². The van der Waals surface area contributed by atoms with Crippen molar-refractivity contribution in [1.82, 2.24) is 15.2 Å². The van der Waals surface area contributed by atoms with Crippen LogP contribution in [0.25, 0.3) is 0 Å². The number of nitrogens with zero attached hydrogens (tertiary/aromatic N) is 2. The Hall–Kier alpha value is -1.14. The molecular weight excluding hydrogens is 308 g/mol. The highest BCUT2D eigenvalue weighted by molar-refractivity contribution is 9.10. The van der Waals surface area contributed by atoms with Crippen molar-refractivity contribution in [3.8, 4) is 0 Å². The standard InChI is InChI=1S/C13H19BrN4O/c1-15-12-11(7-9(14)8-16-12)13(19)17-10-3-5-18(2)6-4-10/h7-8,10H,3-6H2,1-2H3,(H,15,16)(H,17,19). The van der Waals surface area contributed by atoms with Crippen molar-refractivity contribution in [1.29, 1.82) is 0 Å². The number of hydrogen-bond acceptors (Lipinski definition) is 4. The maximum Gasteiger partial charge on any atom is 0.255 e. The van der Waals surface area contributed by atoms with Crippen LogP contribution < -0.4 is 10.6 Å². The number of hydrogen-bond donors (Lipinski definition) is 2. The molecule has 1 saturated heterocycles. The number of nitrogens with one attached hydrogen (secondary N) is 2. The summed E-state index contributed by atoms with van der Waals surface area (Å²) in [6.07, 6.45) is 3.68. The van der Waals surface area contributed by atoms with E-state index in [1.807, 2.05) is 0 Å². The van der Waals surface area contributed by atoms with Crippen LogP contribution in [-0.2, 0) is 0 Å². The first kappa shape index (κ1) is 14.3. The third-order valence-electron chi connectivity index (χ3n) is 3.39. The minimum absolute atomic E-state index is 0.0623. The minimum atomic E-state index is -0.0623. The fraction of sp³-hybridized carbons (Fsp3) is 0.538. The fourth-order valence-electron chi connectivity index (χ4n) is 2.23. The van der Waals surface area contributed by atoms with E-state index in [-0.39, 0.29) is 11.9 Å². The largest absolute Gasteiger partial charge is 0.372 e. The molecule has 1 aliphatic rings. The quantitative estimate of drug-likeness (QED) is 0.887. The summed E-state index contributed by atoms with van der Waals surface area (Å²) in [5.41, 5.74) is 0.579. The van der Waals surface area contributed by atoms with Crippen LogP contribution in [0.4, 0.5) is 5.82 Å². The molecule has 0 spiro atoms. The smallest absolute Gasteiger partial charge is 0.255 e. The molecule has 1 amide bonds. The highest BCUT2D eigenvalue weighted by atomic mass is 79.9. The molecule has 0 bridgehead atoms. The number of carbonyl (C=O) groups is 1. The summed E-state index contributed by atoms with van der Waals surface area (Å²) in [6.45, 7) is 2.06. The average Bonchev–Trinajstić information content (AvgIpc) is 2.41. The number of aromatic nitrogens is 1. The Kier molecular flexibility index (Phi) is 4.76. The summed E-state index contributed by atoms with van der Waals surface area (Å²) >= 11 is 3.35. The number of carbonyl (C=O) groups excluding carboxylic acids is 1. The molecule has 0 aromatic carbocycles. The van der Waals surface area contributed by atoms with E-state index < -0.39 is 0 Å². The first-order valence-corrected chi connectivity index (χ1v) is 7.22. The molecule has 2 N–H and O–H groups in total. The maximum atomic E-state index is 12.3. The van der Waals surface area contributed by atoms with E-state index in [1.165, 1.54) is 0 Å². The van der Waals surface area contributed by atoms with Gasteiger partial charge in [0.2, 0.25) is 0 Å². The van der Waals surface area contributed by atoms with Crippen molar-refractivity contribution in [3.05, 3.63) is 22.3 Å². The molecule has 2 heterocycles. The van der Waals surface area contributed by atoms with Gasteiger partial charge >= 0.3 is 0 Å². The van der Waals surface area contributed by atoms with Gasteiger partial charge in [0.05, 0.1) is 5.56 Å². The summed E-state index contributed by atoms with van der Waals surface area (Å²) in [4.78, 5) is 18.8. The van der Waals surface area contributed by atoms with Gasteiger partial charge in [0.25, 0.3) is 5.91 Å². The first-order valence-electron chi connectivity index (χ1n) is 6.43. The van der Waals surface area contributed by atoms with E-state index in [9.17, 15) is 4.79 Å². The van der Waals surface area contributed by atoms with Crippen molar-refractivity contribution in [3.63, 3.8) is 0 Å². The molecule has 1 aliphatic heterocycles. The second-order valence-electron chi connectivity index (χ2n) is 4.85. The lowest BCUT2D eigenvalue weighted by Crippen LogP contribution is -2.43. The van der Waals surface area contributed by atoms with Gasteiger partial charge in [-0.15, -0.1) is 0 Å². The van der Waals surface area contributed by atoms with Crippen molar-refractivity contribution >= 4 is 27.7 Å². The van der Waals surface area contributed by atoms with Crippen LogP contribution in [0.1, 0.15) is 23.2 Å². The molecule has 5 nitrogen and oxygen atoms in total. The van der Waals surface area contributed by atoms with Gasteiger partial charge in [0.15, 0.2) is 0 Å². The second-order valence-corrected chi connectivity index (χ2v) is 5.77. The van der Waals surface area contributed by atoms with E-state index >= 15 is 0 Å². The lowest BCUT2D eigenvalue weighted by atomic mass is 10.1. The maximum absolute atomic E-state index is 12.3. The number of pyridine rings is 1. The number of amides is 1. The lowest BCUT2D eigenvalue weighted by molar-refractivity contribution is 0.0917. The highest BCUT2D eigenvalue weighted by Gasteiger charge is 2.20. The third kappa shape index (κ3) is 3.67. The summed E-state index contributed by atoms with van der Waals surface area (Å²) in [5, 5.41) is 6.04. The van der Waals surface area contributed by atoms with Crippen molar-refractivity contribution in [2.24, 2.45) is 0 Å². The van der Waals surface area contributed by atoms with Gasteiger partial charge in [-0.3, -0.25) is 4.79 Å². The highest BCUT2D eigenvalue weighted by Crippen LogP contribution is 2.18. The van der Waals surface area contributed by atoms with Gasteiger partial charge in [-0.25, -0.2) is 4.98 Å². The Bertz CT molecular complexity index is 458. The lowest BCUT2D eigenvalue weighted by Gasteiger charge is -2.29. The van der Waals surface area contributed by atoms with E-state index in [0.29, 0.717) is 11.4 Å². The molecule has 19 heavy (non-hydrogen) atoms. The molecule has 1 fully saturated rings. The van der Waals surface area contributed by atoms with E-state index in [0.717, 1.165) is 30.4 Å². The van der Waals surface area contributed by atoms with Crippen LogP contribution in [-0.4, -0.2) is 49.0 Å². The zero-order chi connectivity index (χ0) is 13.8. The van der Waals surface area contributed by atoms with Crippen LogP contribution in [0.3, 0.4) is 0 Å². The van der Waals surface area contributed by atoms with E-state index in [1.54, 1.807) is 19.3 Å². The van der Waals surface area contributed by atoms with Crippen molar-refractivity contribution in [2.45, 2.75) is 18.9 Å². The predicted octanol–water partition coefficient (Wildman–Crippen LogP) is 1.71. The Morgan fingerprint density at radius 1 is 1.47 bits per heavy atom. The summed E-state index contributed by atoms with van der Waals surface area (Å²) < 4.78 is 0.806. The van der Waals surface area contributed by atoms with Crippen LogP contribution in [0.5, 0.6) is 0 Å². The SMILES string of the molecule is CNc1ncc(Br)cc1C(=O)NC1CCN(C)CC1. The van der Waals surface area contributed by atoms with Crippen LogP contribution in [0.15, 0.2) is 16.7 Å². The molecule has 0 radical (unpaired) electrons. The predicted molar refractivity (Wildman–Crippen MR) is 79.5 cm³/mol. The van der Waals surface area contributed by atoms with Crippen LogP contribution in [0.2, 0.25) is 0 Å². The third-order valence-corrected chi connectivity index (χ3v) is 3.82. The Balaban J connectivity index is 2.05. The Labute approximate surface area is 121 Å². The number of anilines is 1. The molecule has 1 aromatic heterocycles. The molecule has 0 unspecified atom stereocenters. The molecule has 0 aliphatic carbocycles. The molecule has 104 valence electrons. The summed E-state index contributed by atoms with van der Waals surface area (Å²) in [6, 6.07) is 2.05. The van der Waals surface area contributed by atoms with Gasteiger partial charge in [-0.2, -0.15) is 0 Å². The second kappa shape index (κ2) is 6.34. The fourth-order valence-corrected chi connectivity index (χ4v) is 2.56. The molecular formula is C13H19BrN4O. The van der Waals surface area contributed by atoms with E-state index in [4.69, 9.17) is 0 Å². The first-order chi connectivity index (χ1) is 9.10. The molecule has 1 aromatic rings. The zero-order valence-electron chi connectivity index (χ0n) is 11.2. The Morgan fingerprint density at radius 3 is 2.79 bits per heavy atom. The summed E-state index contributed by atoms with van der Waals surface area (Å²) in [5.74, 6) is 0.543. The topological polar surface area (TPSA) is 57.3 Å². The number of halogens is 1. The van der Waals surface area contributed by atoms with Crippen LogP contribution >= 0.6 is 15.9 Å².